The van der Waals surface area contributed by atoms with E-state index in [1.165, 1.54) is 4.90 Å². The molecule has 0 radical (unpaired) electrons. The molecule has 2 aliphatic rings. The van der Waals surface area contributed by atoms with Gasteiger partial charge in [-0.1, -0.05) is 12.1 Å². The number of carbonyl (C=O) groups excluding carboxylic acids is 1. The number of hydrogen-bond acceptors (Lipinski definition) is 5. The van der Waals surface area contributed by atoms with Gasteiger partial charge in [0.15, 0.2) is 11.5 Å². The Morgan fingerprint density at radius 2 is 1.69 bits per heavy atom. The number of amides is 1. The number of para-hydroxylation sites is 2. The molecular formula is C19H18F2N2O5S. The first-order valence-electron chi connectivity index (χ1n) is 8.99. The molecule has 0 spiro atoms. The van der Waals surface area contributed by atoms with Crippen molar-refractivity contribution in [3.05, 3.63) is 54.1 Å². The summed E-state index contributed by atoms with van der Waals surface area (Å²) in [6.07, 6.45) is -0.825. The maximum absolute atomic E-state index is 13.9. The molecule has 1 saturated heterocycles. The van der Waals surface area contributed by atoms with E-state index in [9.17, 15) is 22.0 Å². The average Bonchev–Trinajstić information content (AvgIpc) is 2.74. The fraction of sp³-hybridized carbons (Fsp3) is 0.316. The smallest absolute Gasteiger partial charge is 0.267 e. The predicted octanol–water partition coefficient (Wildman–Crippen LogP) is 1.64. The number of benzene rings is 2. The largest absolute Gasteiger partial charge is 0.485 e. The van der Waals surface area contributed by atoms with E-state index in [1.54, 1.807) is 24.3 Å². The first-order chi connectivity index (χ1) is 13.9. The minimum Gasteiger partial charge on any atom is -0.485 e. The molecule has 1 fully saturated rings. The molecule has 0 N–H and O–H groups in total. The second kappa shape index (κ2) is 7.60. The molecule has 1 atom stereocenters. The van der Waals surface area contributed by atoms with Crippen molar-refractivity contribution in [3.8, 4) is 11.5 Å². The third-order valence-corrected chi connectivity index (χ3v) is 6.76. The van der Waals surface area contributed by atoms with Gasteiger partial charge in [-0.15, -0.1) is 0 Å². The molecule has 29 heavy (non-hydrogen) atoms. The molecule has 2 aromatic rings. The van der Waals surface area contributed by atoms with Crippen LogP contribution in [0.4, 0.5) is 8.78 Å². The third-order valence-electron chi connectivity index (χ3n) is 4.85. The van der Waals surface area contributed by atoms with Crippen LogP contribution in [0.25, 0.3) is 0 Å². The minimum absolute atomic E-state index is 0.0335. The van der Waals surface area contributed by atoms with Gasteiger partial charge in [0.05, 0.1) is 0 Å². The summed E-state index contributed by atoms with van der Waals surface area (Å²) in [4.78, 5) is 13.5. The van der Waals surface area contributed by atoms with Crippen molar-refractivity contribution >= 4 is 15.9 Å². The molecule has 0 bridgehead atoms. The average molecular weight is 424 g/mol. The summed E-state index contributed by atoms with van der Waals surface area (Å²) in [5, 5.41) is 0. The van der Waals surface area contributed by atoms with E-state index in [-0.39, 0.29) is 38.7 Å². The molecule has 4 rings (SSSR count). The van der Waals surface area contributed by atoms with Crippen molar-refractivity contribution in [2.45, 2.75) is 11.0 Å². The highest BCUT2D eigenvalue weighted by molar-refractivity contribution is 7.89. The van der Waals surface area contributed by atoms with Gasteiger partial charge >= 0.3 is 0 Å². The van der Waals surface area contributed by atoms with Gasteiger partial charge in [-0.3, -0.25) is 4.79 Å². The summed E-state index contributed by atoms with van der Waals surface area (Å²) < 4.78 is 64.9. The lowest BCUT2D eigenvalue weighted by molar-refractivity contribution is -0.142. The number of hydrogen-bond donors (Lipinski definition) is 0. The minimum atomic E-state index is -4.20. The van der Waals surface area contributed by atoms with Crippen LogP contribution in [0.5, 0.6) is 11.5 Å². The molecule has 154 valence electrons. The second-order valence-electron chi connectivity index (χ2n) is 6.67. The SMILES string of the molecule is O=C([C@H]1COc2ccccc2O1)N1CCN(S(=O)(=O)c2cc(F)ccc2F)CC1. The van der Waals surface area contributed by atoms with E-state index in [2.05, 4.69) is 0 Å². The van der Waals surface area contributed by atoms with Crippen molar-refractivity contribution < 1.29 is 31.5 Å². The molecule has 10 heteroatoms. The van der Waals surface area contributed by atoms with Crippen LogP contribution in [-0.2, 0) is 14.8 Å². The van der Waals surface area contributed by atoms with Crippen LogP contribution in [-0.4, -0.2) is 62.4 Å². The Labute approximate surface area is 166 Å². The van der Waals surface area contributed by atoms with Crippen LogP contribution >= 0.6 is 0 Å². The maximum Gasteiger partial charge on any atom is 0.267 e. The Kier molecular flexibility index (Phi) is 5.13. The molecule has 2 aromatic carbocycles. The van der Waals surface area contributed by atoms with E-state index in [1.807, 2.05) is 0 Å². The highest BCUT2D eigenvalue weighted by Gasteiger charge is 2.36. The Morgan fingerprint density at radius 3 is 2.41 bits per heavy atom. The first-order valence-corrected chi connectivity index (χ1v) is 10.4. The lowest BCUT2D eigenvalue weighted by Crippen LogP contribution is -2.55. The molecule has 0 aliphatic carbocycles. The Bertz CT molecular complexity index is 1040. The van der Waals surface area contributed by atoms with Crippen LogP contribution in [0.15, 0.2) is 47.4 Å². The maximum atomic E-state index is 13.9. The van der Waals surface area contributed by atoms with Gasteiger partial charge in [0.2, 0.25) is 16.1 Å². The first kappa shape index (κ1) is 19.6. The summed E-state index contributed by atoms with van der Waals surface area (Å²) in [5.41, 5.74) is 0. The topological polar surface area (TPSA) is 76.2 Å². The zero-order chi connectivity index (χ0) is 20.6. The zero-order valence-electron chi connectivity index (χ0n) is 15.3. The highest BCUT2D eigenvalue weighted by Crippen LogP contribution is 2.31. The van der Waals surface area contributed by atoms with Crippen molar-refractivity contribution in [2.24, 2.45) is 0 Å². The van der Waals surface area contributed by atoms with Crippen LogP contribution in [0.2, 0.25) is 0 Å². The molecule has 2 heterocycles. The molecule has 7 nitrogen and oxygen atoms in total. The molecule has 0 saturated carbocycles. The predicted molar refractivity (Wildman–Crippen MR) is 98.0 cm³/mol. The summed E-state index contributed by atoms with van der Waals surface area (Å²) in [6, 6.07) is 9.30. The Hall–Kier alpha value is -2.72. The lowest BCUT2D eigenvalue weighted by atomic mass is 10.2. The van der Waals surface area contributed by atoms with Gasteiger partial charge in [0.25, 0.3) is 5.91 Å². The van der Waals surface area contributed by atoms with Crippen LogP contribution in [0.1, 0.15) is 0 Å². The summed E-state index contributed by atoms with van der Waals surface area (Å²) in [5.74, 6) is -1.14. The summed E-state index contributed by atoms with van der Waals surface area (Å²) >= 11 is 0. The third kappa shape index (κ3) is 3.77. The Morgan fingerprint density at radius 1 is 1.00 bits per heavy atom. The van der Waals surface area contributed by atoms with Crippen molar-refractivity contribution in [2.75, 3.05) is 32.8 Å². The van der Waals surface area contributed by atoms with E-state index < -0.39 is 32.7 Å². The number of carbonyl (C=O) groups is 1. The number of nitrogens with zero attached hydrogens (tertiary/aromatic N) is 2. The van der Waals surface area contributed by atoms with Gasteiger partial charge < -0.3 is 14.4 Å². The zero-order valence-corrected chi connectivity index (χ0v) is 16.1. The van der Waals surface area contributed by atoms with Gasteiger partial charge in [-0.05, 0) is 30.3 Å². The number of ether oxygens (including phenoxy) is 2. The van der Waals surface area contributed by atoms with Crippen molar-refractivity contribution in [1.29, 1.82) is 0 Å². The van der Waals surface area contributed by atoms with Gasteiger partial charge in [0.1, 0.15) is 23.1 Å². The number of piperazine rings is 1. The highest BCUT2D eigenvalue weighted by atomic mass is 32.2. The lowest BCUT2D eigenvalue weighted by Gasteiger charge is -2.36. The van der Waals surface area contributed by atoms with Gasteiger partial charge in [-0.25, -0.2) is 17.2 Å². The van der Waals surface area contributed by atoms with E-state index >= 15 is 0 Å². The van der Waals surface area contributed by atoms with Crippen LogP contribution < -0.4 is 9.47 Å². The fourth-order valence-electron chi connectivity index (χ4n) is 3.31. The number of rotatable bonds is 3. The molecule has 1 amide bonds. The number of fused-ring (bicyclic) bond motifs is 1. The fourth-order valence-corrected chi connectivity index (χ4v) is 4.81. The van der Waals surface area contributed by atoms with Crippen molar-refractivity contribution in [3.63, 3.8) is 0 Å². The normalized spacial score (nSPS) is 19.8. The second-order valence-corrected chi connectivity index (χ2v) is 8.57. The van der Waals surface area contributed by atoms with Crippen molar-refractivity contribution in [1.82, 2.24) is 9.21 Å². The quantitative estimate of drug-likeness (QED) is 0.749. The Balaban J connectivity index is 1.42. The van der Waals surface area contributed by atoms with Crippen LogP contribution in [0, 0.1) is 11.6 Å². The van der Waals surface area contributed by atoms with E-state index in [0.717, 1.165) is 16.4 Å². The molecule has 0 unspecified atom stereocenters. The van der Waals surface area contributed by atoms with Gasteiger partial charge in [0, 0.05) is 26.2 Å². The number of halogens is 2. The van der Waals surface area contributed by atoms with E-state index in [4.69, 9.17) is 9.47 Å². The molecular weight excluding hydrogens is 406 g/mol. The monoisotopic (exact) mass is 424 g/mol. The van der Waals surface area contributed by atoms with Crippen LogP contribution in [0.3, 0.4) is 0 Å². The van der Waals surface area contributed by atoms with Gasteiger partial charge in [-0.2, -0.15) is 4.31 Å². The van der Waals surface area contributed by atoms with E-state index in [0.29, 0.717) is 17.6 Å². The molecule has 0 aromatic heterocycles. The molecule has 2 aliphatic heterocycles. The summed E-state index contributed by atoms with van der Waals surface area (Å²) in [7, 11) is -4.20. The standard InChI is InChI=1S/C19H18F2N2O5S/c20-13-5-6-14(21)18(11-13)29(25,26)23-9-7-22(8-10-23)19(24)17-12-27-15-3-1-2-4-16(15)28-17/h1-6,11,17H,7-10,12H2/t17-/m1/s1. The summed E-state index contributed by atoms with van der Waals surface area (Å²) in [6.45, 7) is 0.207. The number of sulfonamides is 1.